The molecule has 19 heavy (non-hydrogen) atoms. The zero-order valence-corrected chi connectivity index (χ0v) is 10.5. The Balaban J connectivity index is 2.69. The molecule has 0 fully saturated rings. The molecule has 5 heteroatoms. The van der Waals surface area contributed by atoms with Gasteiger partial charge in [-0.3, -0.25) is 0 Å². The molecule has 0 aliphatic rings. The lowest BCUT2D eigenvalue weighted by molar-refractivity contribution is 0.0646. The molecule has 0 amide bonds. The second-order valence-electron chi connectivity index (χ2n) is 4.35. The van der Waals surface area contributed by atoms with Crippen LogP contribution < -0.4 is 0 Å². The molecule has 1 aromatic heterocycles. The Morgan fingerprint density at radius 1 is 1.05 bits per heavy atom. The van der Waals surface area contributed by atoms with Crippen LogP contribution in [0.1, 0.15) is 32.0 Å². The number of carboxylic acids is 2. The summed E-state index contributed by atoms with van der Waals surface area (Å²) in [6.07, 6.45) is 1.46. The van der Waals surface area contributed by atoms with Crippen molar-refractivity contribution in [3.63, 3.8) is 0 Å². The van der Waals surface area contributed by atoms with Crippen molar-refractivity contribution in [1.29, 1.82) is 0 Å². The SMILES string of the molecule is Cc1ccc(-n2ccc(C(=O)O)c2C(=O)O)c(C)c1. The smallest absolute Gasteiger partial charge is 0.353 e. The minimum atomic E-state index is -1.26. The van der Waals surface area contributed by atoms with Crippen LogP contribution in [0.15, 0.2) is 30.5 Å². The van der Waals surface area contributed by atoms with Gasteiger partial charge in [0.15, 0.2) is 0 Å². The predicted octanol–water partition coefficient (Wildman–Crippen LogP) is 2.49. The third-order valence-corrected chi connectivity index (χ3v) is 2.93. The normalized spacial score (nSPS) is 10.4. The Hall–Kier alpha value is -2.56. The summed E-state index contributed by atoms with van der Waals surface area (Å²) in [4.78, 5) is 22.3. The molecular formula is C14H13NO4. The fourth-order valence-electron chi connectivity index (χ4n) is 2.10. The quantitative estimate of drug-likeness (QED) is 0.887. The molecule has 0 aliphatic carbocycles. The fraction of sp³-hybridized carbons (Fsp3) is 0.143. The molecule has 2 N–H and O–H groups in total. The van der Waals surface area contributed by atoms with Crippen molar-refractivity contribution < 1.29 is 19.8 Å². The van der Waals surface area contributed by atoms with E-state index >= 15 is 0 Å². The van der Waals surface area contributed by atoms with Gasteiger partial charge in [0.2, 0.25) is 0 Å². The summed E-state index contributed by atoms with van der Waals surface area (Å²) in [5, 5.41) is 18.2. The van der Waals surface area contributed by atoms with E-state index in [2.05, 4.69) is 0 Å². The highest BCUT2D eigenvalue weighted by atomic mass is 16.4. The van der Waals surface area contributed by atoms with Crippen LogP contribution in [0.2, 0.25) is 0 Å². The van der Waals surface area contributed by atoms with E-state index in [1.54, 1.807) is 6.07 Å². The maximum absolute atomic E-state index is 11.3. The zero-order valence-electron chi connectivity index (χ0n) is 10.5. The maximum atomic E-state index is 11.3. The van der Waals surface area contributed by atoms with Crippen LogP contribution in [-0.4, -0.2) is 26.7 Å². The monoisotopic (exact) mass is 259 g/mol. The minimum Gasteiger partial charge on any atom is -0.478 e. The fourth-order valence-corrected chi connectivity index (χ4v) is 2.10. The molecule has 0 spiro atoms. The third kappa shape index (κ3) is 2.22. The molecule has 0 aliphatic heterocycles. The first-order chi connectivity index (χ1) is 8.91. The highest BCUT2D eigenvalue weighted by molar-refractivity contribution is 6.01. The molecule has 1 aromatic carbocycles. The van der Waals surface area contributed by atoms with E-state index in [0.29, 0.717) is 5.69 Å². The first-order valence-electron chi connectivity index (χ1n) is 5.67. The average molecular weight is 259 g/mol. The van der Waals surface area contributed by atoms with E-state index < -0.39 is 11.9 Å². The molecule has 0 saturated carbocycles. The topological polar surface area (TPSA) is 79.5 Å². The number of aryl methyl sites for hydroxylation is 2. The second kappa shape index (κ2) is 4.61. The number of rotatable bonds is 3. The molecular weight excluding hydrogens is 246 g/mol. The van der Waals surface area contributed by atoms with Gasteiger partial charge in [-0.2, -0.15) is 0 Å². The van der Waals surface area contributed by atoms with Gasteiger partial charge in [-0.25, -0.2) is 9.59 Å². The van der Waals surface area contributed by atoms with Crippen LogP contribution in [0.4, 0.5) is 0 Å². The summed E-state index contributed by atoms with van der Waals surface area (Å²) in [7, 11) is 0. The minimum absolute atomic E-state index is 0.215. The van der Waals surface area contributed by atoms with Crippen molar-refractivity contribution in [1.82, 2.24) is 4.57 Å². The predicted molar refractivity (Wildman–Crippen MR) is 69.2 cm³/mol. The van der Waals surface area contributed by atoms with Gasteiger partial charge >= 0.3 is 11.9 Å². The van der Waals surface area contributed by atoms with Gasteiger partial charge in [-0.1, -0.05) is 17.7 Å². The summed E-state index contributed by atoms with van der Waals surface area (Å²) in [5.41, 5.74) is 2.15. The molecule has 0 unspecified atom stereocenters. The van der Waals surface area contributed by atoms with Crippen LogP contribution in [-0.2, 0) is 0 Å². The van der Waals surface area contributed by atoms with Crippen molar-refractivity contribution in [2.75, 3.05) is 0 Å². The number of benzene rings is 1. The van der Waals surface area contributed by atoms with Gasteiger partial charge in [-0.15, -0.1) is 0 Å². The van der Waals surface area contributed by atoms with Crippen molar-refractivity contribution >= 4 is 11.9 Å². The Kier molecular flexibility index (Phi) is 3.12. The van der Waals surface area contributed by atoms with Gasteiger partial charge < -0.3 is 14.8 Å². The molecule has 2 aromatic rings. The number of aromatic carboxylic acids is 2. The largest absolute Gasteiger partial charge is 0.478 e. The first kappa shape index (κ1) is 12.9. The highest BCUT2D eigenvalue weighted by Crippen LogP contribution is 2.21. The molecule has 0 radical (unpaired) electrons. The first-order valence-corrected chi connectivity index (χ1v) is 5.67. The van der Waals surface area contributed by atoms with Crippen LogP contribution in [0.3, 0.4) is 0 Å². The number of hydrogen-bond acceptors (Lipinski definition) is 2. The Morgan fingerprint density at radius 2 is 1.74 bits per heavy atom. The molecule has 98 valence electrons. The Bertz CT molecular complexity index is 670. The molecule has 0 atom stereocenters. The van der Waals surface area contributed by atoms with Gasteiger partial charge in [-0.05, 0) is 31.5 Å². The Labute approximate surface area is 109 Å². The summed E-state index contributed by atoms with van der Waals surface area (Å²) in [5.74, 6) is -2.51. The molecule has 5 nitrogen and oxygen atoms in total. The molecule has 1 heterocycles. The summed E-state index contributed by atoms with van der Waals surface area (Å²) in [6.45, 7) is 3.79. The van der Waals surface area contributed by atoms with E-state index in [9.17, 15) is 14.7 Å². The summed E-state index contributed by atoms with van der Waals surface area (Å²) < 4.78 is 1.39. The van der Waals surface area contributed by atoms with E-state index in [1.165, 1.54) is 16.8 Å². The van der Waals surface area contributed by atoms with Gasteiger partial charge in [0.25, 0.3) is 0 Å². The van der Waals surface area contributed by atoms with Crippen molar-refractivity contribution in [3.05, 3.63) is 52.8 Å². The van der Waals surface area contributed by atoms with E-state index in [4.69, 9.17) is 5.11 Å². The van der Waals surface area contributed by atoms with E-state index in [1.807, 2.05) is 26.0 Å². The van der Waals surface area contributed by atoms with E-state index in [0.717, 1.165) is 11.1 Å². The van der Waals surface area contributed by atoms with Crippen molar-refractivity contribution in [3.8, 4) is 5.69 Å². The lowest BCUT2D eigenvalue weighted by Gasteiger charge is -2.11. The van der Waals surface area contributed by atoms with Gasteiger partial charge in [0.05, 0.1) is 5.56 Å². The van der Waals surface area contributed by atoms with Gasteiger partial charge in [0.1, 0.15) is 5.69 Å². The third-order valence-electron chi connectivity index (χ3n) is 2.93. The van der Waals surface area contributed by atoms with Crippen LogP contribution >= 0.6 is 0 Å². The van der Waals surface area contributed by atoms with Crippen LogP contribution in [0.5, 0.6) is 0 Å². The summed E-state index contributed by atoms with van der Waals surface area (Å²) >= 11 is 0. The second-order valence-corrected chi connectivity index (χ2v) is 4.35. The zero-order chi connectivity index (χ0) is 14.2. The highest BCUT2D eigenvalue weighted by Gasteiger charge is 2.22. The number of hydrogen-bond donors (Lipinski definition) is 2. The number of carboxylic acid groups (broad SMARTS) is 2. The van der Waals surface area contributed by atoms with E-state index in [-0.39, 0.29) is 11.3 Å². The number of aromatic nitrogens is 1. The van der Waals surface area contributed by atoms with Crippen LogP contribution in [0.25, 0.3) is 5.69 Å². The van der Waals surface area contributed by atoms with Gasteiger partial charge in [0, 0.05) is 11.9 Å². The Morgan fingerprint density at radius 3 is 2.26 bits per heavy atom. The standard InChI is InChI=1S/C14H13NO4/c1-8-3-4-11(9(2)7-8)15-6-5-10(13(16)17)12(15)14(18)19/h3-7H,1-2H3,(H,16,17)(H,18,19). The number of carbonyl (C=O) groups is 2. The molecule has 2 rings (SSSR count). The lowest BCUT2D eigenvalue weighted by atomic mass is 10.1. The lowest BCUT2D eigenvalue weighted by Crippen LogP contribution is -2.12. The summed E-state index contributed by atoms with van der Waals surface area (Å²) in [6, 6.07) is 6.85. The molecule has 0 bridgehead atoms. The number of nitrogens with zero attached hydrogens (tertiary/aromatic N) is 1. The van der Waals surface area contributed by atoms with Crippen molar-refractivity contribution in [2.45, 2.75) is 13.8 Å². The van der Waals surface area contributed by atoms with Crippen molar-refractivity contribution in [2.24, 2.45) is 0 Å². The average Bonchev–Trinajstić information content (AvgIpc) is 2.73. The van der Waals surface area contributed by atoms with Crippen LogP contribution in [0, 0.1) is 13.8 Å². The molecule has 0 saturated heterocycles. The maximum Gasteiger partial charge on any atom is 0.353 e.